The highest BCUT2D eigenvalue weighted by Crippen LogP contribution is 2.36. The molecule has 3 atom stereocenters. The number of para-hydroxylation sites is 2. The number of hydrogen-bond donors (Lipinski definition) is 2. The molecule has 2 heterocycles. The number of nitrogens with zero attached hydrogens (tertiary/aromatic N) is 1. The highest BCUT2D eigenvalue weighted by molar-refractivity contribution is 5.74. The van der Waals surface area contributed by atoms with Gasteiger partial charge in [-0.1, -0.05) is 25.0 Å². The van der Waals surface area contributed by atoms with Crippen molar-refractivity contribution in [1.82, 2.24) is 15.3 Å². The van der Waals surface area contributed by atoms with E-state index in [2.05, 4.69) is 34.6 Å². The van der Waals surface area contributed by atoms with Crippen LogP contribution in [0.4, 0.5) is 0 Å². The Morgan fingerprint density at radius 1 is 1.00 bits per heavy atom. The lowest BCUT2D eigenvalue weighted by Crippen LogP contribution is -2.45. The molecule has 0 spiro atoms. The molecule has 1 aliphatic carbocycles. The fourth-order valence-corrected chi connectivity index (χ4v) is 3.85. The molecule has 4 rings (SSSR count). The van der Waals surface area contributed by atoms with Crippen molar-refractivity contribution in [3.8, 4) is 0 Å². The molecule has 2 aliphatic rings. The molecule has 3 nitrogen and oxygen atoms in total. The highest BCUT2D eigenvalue weighted by Gasteiger charge is 2.33. The van der Waals surface area contributed by atoms with Gasteiger partial charge < -0.3 is 10.3 Å². The van der Waals surface area contributed by atoms with Gasteiger partial charge in [-0.25, -0.2) is 4.98 Å². The van der Waals surface area contributed by atoms with Crippen molar-refractivity contribution in [3.63, 3.8) is 0 Å². The number of aromatic amines is 1. The van der Waals surface area contributed by atoms with Crippen LogP contribution >= 0.6 is 0 Å². The van der Waals surface area contributed by atoms with Crippen molar-refractivity contribution in [1.29, 1.82) is 0 Å². The number of piperidine rings is 1. The maximum absolute atomic E-state index is 4.76. The number of nitrogens with one attached hydrogen (secondary N) is 2. The number of H-pyrrole nitrogens is 1. The zero-order valence-corrected chi connectivity index (χ0v) is 11.2. The molecular formula is C16H21N3. The standard InChI is InChI=1S/C16H21N3/c1-2-6-12-11(5-1)9-10-15(17-12)16-18-13-7-3-4-8-14(13)19-16/h3-4,7-8,11-12,15,17H,1-2,5-6,9-10H2,(H,18,19). The van der Waals surface area contributed by atoms with Crippen LogP contribution in [0.1, 0.15) is 50.4 Å². The molecule has 2 aromatic rings. The van der Waals surface area contributed by atoms with E-state index in [0.717, 1.165) is 28.8 Å². The molecule has 3 unspecified atom stereocenters. The van der Waals surface area contributed by atoms with Crippen LogP contribution in [0.5, 0.6) is 0 Å². The van der Waals surface area contributed by atoms with Gasteiger partial charge in [0.05, 0.1) is 17.1 Å². The second-order valence-electron chi connectivity index (χ2n) is 6.09. The molecule has 3 heteroatoms. The quantitative estimate of drug-likeness (QED) is 0.818. The van der Waals surface area contributed by atoms with Crippen molar-refractivity contribution in [2.75, 3.05) is 0 Å². The van der Waals surface area contributed by atoms with Crippen LogP contribution in [0.3, 0.4) is 0 Å². The van der Waals surface area contributed by atoms with Gasteiger partial charge >= 0.3 is 0 Å². The van der Waals surface area contributed by atoms with Crippen molar-refractivity contribution in [3.05, 3.63) is 30.1 Å². The number of imidazole rings is 1. The Labute approximate surface area is 113 Å². The summed E-state index contributed by atoms with van der Waals surface area (Å²) in [4.78, 5) is 8.24. The first-order chi connectivity index (χ1) is 9.40. The summed E-state index contributed by atoms with van der Waals surface area (Å²) in [5.41, 5.74) is 2.25. The predicted octanol–water partition coefficient (Wildman–Crippen LogP) is 3.55. The molecule has 0 amide bonds. The molecule has 2 N–H and O–H groups in total. The first-order valence-electron chi connectivity index (χ1n) is 7.61. The van der Waals surface area contributed by atoms with Gasteiger partial charge in [0.1, 0.15) is 5.82 Å². The van der Waals surface area contributed by atoms with E-state index in [4.69, 9.17) is 4.98 Å². The third-order valence-electron chi connectivity index (χ3n) is 4.89. The number of rotatable bonds is 1. The summed E-state index contributed by atoms with van der Waals surface area (Å²) in [6.45, 7) is 0. The van der Waals surface area contributed by atoms with Crippen molar-refractivity contribution in [2.45, 2.75) is 50.6 Å². The van der Waals surface area contributed by atoms with Crippen LogP contribution < -0.4 is 5.32 Å². The van der Waals surface area contributed by atoms with Crippen LogP contribution in [0.15, 0.2) is 24.3 Å². The van der Waals surface area contributed by atoms with E-state index in [1.54, 1.807) is 0 Å². The van der Waals surface area contributed by atoms with Gasteiger partial charge in [0.15, 0.2) is 0 Å². The average Bonchev–Trinajstić information content (AvgIpc) is 2.90. The monoisotopic (exact) mass is 255 g/mol. The molecule has 0 radical (unpaired) electrons. The molecular weight excluding hydrogens is 234 g/mol. The topological polar surface area (TPSA) is 40.7 Å². The minimum Gasteiger partial charge on any atom is -0.341 e. The van der Waals surface area contributed by atoms with E-state index >= 15 is 0 Å². The van der Waals surface area contributed by atoms with E-state index in [1.807, 2.05) is 0 Å². The van der Waals surface area contributed by atoms with Crippen LogP contribution in [0.2, 0.25) is 0 Å². The second kappa shape index (κ2) is 4.64. The van der Waals surface area contributed by atoms with Gasteiger partial charge in [-0.3, -0.25) is 0 Å². The second-order valence-corrected chi connectivity index (χ2v) is 6.09. The van der Waals surface area contributed by atoms with E-state index < -0.39 is 0 Å². The van der Waals surface area contributed by atoms with Gasteiger partial charge in [0.25, 0.3) is 0 Å². The predicted molar refractivity (Wildman–Crippen MR) is 77.0 cm³/mol. The highest BCUT2D eigenvalue weighted by atomic mass is 15.1. The van der Waals surface area contributed by atoms with Crippen molar-refractivity contribution in [2.24, 2.45) is 5.92 Å². The van der Waals surface area contributed by atoms with E-state index in [-0.39, 0.29) is 0 Å². The minimum atomic E-state index is 0.423. The number of aromatic nitrogens is 2. The maximum Gasteiger partial charge on any atom is 0.124 e. The van der Waals surface area contributed by atoms with Gasteiger partial charge in [-0.05, 0) is 43.7 Å². The summed E-state index contributed by atoms with van der Waals surface area (Å²) in [5.74, 6) is 2.04. The fourth-order valence-electron chi connectivity index (χ4n) is 3.85. The molecule has 1 aromatic heterocycles. The summed E-state index contributed by atoms with van der Waals surface area (Å²) in [6.07, 6.45) is 8.17. The molecule has 0 bridgehead atoms. The number of hydrogen-bond acceptors (Lipinski definition) is 2. The zero-order valence-electron chi connectivity index (χ0n) is 11.2. The first kappa shape index (κ1) is 11.5. The average molecular weight is 255 g/mol. The number of fused-ring (bicyclic) bond motifs is 2. The Kier molecular flexibility index (Phi) is 2.80. The third kappa shape index (κ3) is 2.06. The van der Waals surface area contributed by atoms with Crippen LogP contribution in [0, 0.1) is 5.92 Å². The first-order valence-corrected chi connectivity index (χ1v) is 7.61. The zero-order chi connectivity index (χ0) is 12.7. The van der Waals surface area contributed by atoms with Gasteiger partial charge in [0.2, 0.25) is 0 Å². The summed E-state index contributed by atoms with van der Waals surface area (Å²) in [5, 5.41) is 3.84. The minimum absolute atomic E-state index is 0.423. The molecule has 2 fully saturated rings. The molecule has 1 saturated carbocycles. The maximum atomic E-state index is 4.76. The van der Waals surface area contributed by atoms with E-state index in [0.29, 0.717) is 6.04 Å². The van der Waals surface area contributed by atoms with Crippen molar-refractivity contribution >= 4 is 11.0 Å². The lowest BCUT2D eigenvalue weighted by molar-refractivity contribution is 0.174. The van der Waals surface area contributed by atoms with E-state index in [1.165, 1.54) is 38.5 Å². The number of benzene rings is 1. The van der Waals surface area contributed by atoms with Crippen LogP contribution in [-0.4, -0.2) is 16.0 Å². The molecule has 1 aliphatic heterocycles. The Morgan fingerprint density at radius 2 is 1.89 bits per heavy atom. The smallest absolute Gasteiger partial charge is 0.124 e. The Morgan fingerprint density at radius 3 is 2.84 bits per heavy atom. The molecule has 1 saturated heterocycles. The lowest BCUT2D eigenvalue weighted by Gasteiger charge is -2.39. The Hall–Kier alpha value is -1.35. The lowest BCUT2D eigenvalue weighted by atomic mass is 9.77. The van der Waals surface area contributed by atoms with Gasteiger partial charge in [-0.15, -0.1) is 0 Å². The molecule has 1 aromatic carbocycles. The van der Waals surface area contributed by atoms with Crippen LogP contribution in [0.25, 0.3) is 11.0 Å². The summed E-state index contributed by atoms with van der Waals surface area (Å²) in [6, 6.07) is 9.46. The normalized spacial score (nSPS) is 31.3. The summed E-state index contributed by atoms with van der Waals surface area (Å²) in [7, 11) is 0. The largest absolute Gasteiger partial charge is 0.341 e. The van der Waals surface area contributed by atoms with Gasteiger partial charge in [-0.2, -0.15) is 0 Å². The van der Waals surface area contributed by atoms with Crippen molar-refractivity contribution < 1.29 is 0 Å². The van der Waals surface area contributed by atoms with E-state index in [9.17, 15) is 0 Å². The SMILES string of the molecule is c1ccc2[nH]c(C3CCC4CCCCC4N3)nc2c1. The third-order valence-corrected chi connectivity index (χ3v) is 4.89. The summed E-state index contributed by atoms with van der Waals surface area (Å²) < 4.78 is 0. The van der Waals surface area contributed by atoms with Crippen LogP contribution in [-0.2, 0) is 0 Å². The molecule has 100 valence electrons. The fraction of sp³-hybridized carbons (Fsp3) is 0.562. The Bertz CT molecular complexity index is 541. The Balaban J connectivity index is 1.58. The van der Waals surface area contributed by atoms with Gasteiger partial charge in [0, 0.05) is 6.04 Å². The molecule has 19 heavy (non-hydrogen) atoms. The summed E-state index contributed by atoms with van der Waals surface area (Å²) >= 11 is 0.